The van der Waals surface area contributed by atoms with Crippen LogP contribution in [0, 0.1) is 0 Å². The Hall–Kier alpha value is -3.36. The number of urea groups is 1. The van der Waals surface area contributed by atoms with E-state index in [2.05, 4.69) is 20.5 Å². The molecule has 3 unspecified atom stereocenters. The Bertz CT molecular complexity index is 1630. The van der Waals surface area contributed by atoms with E-state index in [4.69, 9.17) is 9.40 Å². The van der Waals surface area contributed by atoms with Crippen LogP contribution < -0.4 is 16.0 Å². The Morgan fingerprint density at radius 2 is 2.00 bits per heavy atom. The minimum atomic E-state index is -0.307. The number of nitrogens with one attached hydrogen (secondary N) is 3. The summed E-state index contributed by atoms with van der Waals surface area (Å²) in [5.74, 6) is 1.19. The number of imidazole rings is 1. The van der Waals surface area contributed by atoms with E-state index in [1.54, 1.807) is 12.1 Å². The molecule has 0 radical (unpaired) electrons. The maximum absolute atomic E-state index is 12.6. The minimum absolute atomic E-state index is 0.0576. The average Bonchev–Trinajstić information content (AvgIpc) is 3.81. The zero-order valence-electron chi connectivity index (χ0n) is 25.1. The molecule has 0 spiro atoms. The quantitative estimate of drug-likeness (QED) is 0.123. The topological polar surface area (TPSA) is 139 Å². The number of hydrogen-bond donors (Lipinski definition) is 3. The molecule has 6 rings (SSSR count). The number of carbonyl (C=O) groups excluding carboxylic acids is 4. The number of fused-ring (bicyclic) bond motifs is 2. The van der Waals surface area contributed by atoms with E-state index in [1.165, 1.54) is 16.7 Å². The molecule has 5 heterocycles. The van der Waals surface area contributed by atoms with Crippen molar-refractivity contribution in [2.75, 3.05) is 12.3 Å². The van der Waals surface area contributed by atoms with E-state index < -0.39 is 0 Å². The van der Waals surface area contributed by atoms with Crippen LogP contribution in [-0.4, -0.2) is 73.2 Å². The molecule has 0 bridgehead atoms. The van der Waals surface area contributed by atoms with Crippen molar-refractivity contribution in [3.8, 4) is 0 Å². The molecule has 0 saturated carbocycles. The summed E-state index contributed by atoms with van der Waals surface area (Å²) in [6.45, 7) is 4.85. The molecule has 0 aliphatic carbocycles. The summed E-state index contributed by atoms with van der Waals surface area (Å²) in [5, 5.41) is 10.6. The molecule has 5 amide bonds. The van der Waals surface area contributed by atoms with E-state index in [0.29, 0.717) is 40.5 Å². The van der Waals surface area contributed by atoms with E-state index in [0.717, 1.165) is 59.4 Å². The number of aryl methyl sites for hydroxylation is 1. The van der Waals surface area contributed by atoms with Crippen molar-refractivity contribution >= 4 is 75.5 Å². The maximum Gasteiger partial charge on any atom is 0.315 e. The fourth-order valence-corrected chi connectivity index (χ4v) is 9.17. The van der Waals surface area contributed by atoms with E-state index in [9.17, 15) is 19.2 Å². The number of benzene rings is 1. The van der Waals surface area contributed by atoms with E-state index >= 15 is 0 Å². The van der Waals surface area contributed by atoms with Gasteiger partial charge in [0, 0.05) is 42.6 Å². The highest BCUT2D eigenvalue weighted by Crippen LogP contribution is 2.36. The number of nitrogens with zero attached hydrogens (tertiary/aromatic N) is 3. The molecule has 238 valence electrons. The number of furan rings is 1. The lowest BCUT2D eigenvalue weighted by molar-refractivity contribution is -0.124. The zero-order valence-corrected chi connectivity index (χ0v) is 27.6. The van der Waals surface area contributed by atoms with Gasteiger partial charge in [-0.05, 0) is 80.9 Å². The molecule has 3 N–H and O–H groups in total. The van der Waals surface area contributed by atoms with Gasteiger partial charge in [0.25, 0.3) is 11.1 Å². The summed E-state index contributed by atoms with van der Waals surface area (Å²) in [7, 11) is 0. The van der Waals surface area contributed by atoms with Gasteiger partial charge < -0.3 is 24.9 Å². The van der Waals surface area contributed by atoms with Gasteiger partial charge in [-0.2, -0.15) is 11.8 Å². The smallest absolute Gasteiger partial charge is 0.315 e. The molecule has 1 aromatic carbocycles. The van der Waals surface area contributed by atoms with Gasteiger partial charge in [0.05, 0.1) is 28.0 Å². The van der Waals surface area contributed by atoms with Crippen LogP contribution >= 0.6 is 35.3 Å². The Balaban J connectivity index is 0.991. The van der Waals surface area contributed by atoms with Crippen molar-refractivity contribution in [1.82, 2.24) is 30.4 Å². The fourth-order valence-electron chi connectivity index (χ4n) is 5.79. The summed E-state index contributed by atoms with van der Waals surface area (Å²) in [6.07, 6.45) is 5.63. The van der Waals surface area contributed by atoms with Gasteiger partial charge in [-0.25, -0.2) is 9.78 Å². The van der Waals surface area contributed by atoms with Crippen molar-refractivity contribution in [2.45, 2.75) is 86.1 Å². The van der Waals surface area contributed by atoms with Crippen molar-refractivity contribution < 1.29 is 23.6 Å². The molecule has 45 heavy (non-hydrogen) atoms. The number of rotatable bonds is 13. The zero-order chi connectivity index (χ0) is 31.5. The lowest BCUT2D eigenvalue weighted by atomic mass is 10.0. The van der Waals surface area contributed by atoms with Gasteiger partial charge in [0.2, 0.25) is 5.91 Å². The summed E-state index contributed by atoms with van der Waals surface area (Å²) in [6, 6.07) is 11.7. The first kappa shape index (κ1) is 31.6. The third kappa shape index (κ3) is 7.23. The number of imide groups is 1. The largest absolute Gasteiger partial charge is 0.450 e. The van der Waals surface area contributed by atoms with Crippen LogP contribution in [0.4, 0.5) is 9.59 Å². The van der Waals surface area contributed by atoms with E-state index in [1.807, 2.05) is 55.9 Å². The highest BCUT2D eigenvalue weighted by Gasteiger charge is 2.42. The van der Waals surface area contributed by atoms with Crippen LogP contribution in [-0.2, 0) is 16.1 Å². The molecule has 14 heteroatoms. The second-order valence-corrected chi connectivity index (χ2v) is 14.7. The Morgan fingerprint density at radius 3 is 2.82 bits per heavy atom. The van der Waals surface area contributed by atoms with E-state index in [-0.39, 0.29) is 41.2 Å². The molecular weight excluding hydrogens is 633 g/mol. The first-order valence-electron chi connectivity index (χ1n) is 15.2. The predicted octanol–water partition coefficient (Wildman–Crippen LogP) is 5.46. The maximum atomic E-state index is 12.6. The highest BCUT2D eigenvalue weighted by atomic mass is 32.2. The Labute approximate surface area is 274 Å². The predicted molar refractivity (Wildman–Crippen MR) is 177 cm³/mol. The SMILES string of the molecule is CC(C)N1C(=O)S/C(=C\c2ccc(Sc3nc4ccccc4n3CCCNC(=O)CCCCC3SCC4NC(=O)NC43)o2)C1=O. The molecule has 3 saturated heterocycles. The van der Waals surface area contributed by atoms with Crippen LogP contribution in [0.2, 0.25) is 0 Å². The molecule has 11 nitrogen and oxygen atoms in total. The molecule has 3 aromatic rings. The minimum Gasteiger partial charge on any atom is -0.450 e. The third-order valence-electron chi connectivity index (χ3n) is 7.99. The Morgan fingerprint density at radius 1 is 1.16 bits per heavy atom. The van der Waals surface area contributed by atoms with Gasteiger partial charge in [0.1, 0.15) is 5.76 Å². The highest BCUT2D eigenvalue weighted by molar-refractivity contribution is 8.18. The van der Waals surface area contributed by atoms with Crippen molar-refractivity contribution in [3.63, 3.8) is 0 Å². The number of para-hydroxylation sites is 2. The van der Waals surface area contributed by atoms with Crippen molar-refractivity contribution in [2.24, 2.45) is 0 Å². The van der Waals surface area contributed by atoms with Crippen LogP contribution in [0.25, 0.3) is 17.1 Å². The summed E-state index contributed by atoms with van der Waals surface area (Å²) in [5.41, 5.74) is 1.87. The monoisotopic (exact) mass is 668 g/mol. The molecule has 3 fully saturated rings. The first-order valence-corrected chi connectivity index (χ1v) is 17.9. The lowest BCUT2D eigenvalue weighted by Crippen LogP contribution is -2.36. The normalized spacial score (nSPS) is 22.1. The number of hydrogen-bond acceptors (Lipinski definition) is 9. The first-order chi connectivity index (χ1) is 21.8. The third-order valence-corrected chi connectivity index (χ3v) is 11.3. The van der Waals surface area contributed by atoms with Crippen LogP contribution in [0.15, 0.2) is 56.0 Å². The number of thioether (sulfide) groups is 2. The van der Waals surface area contributed by atoms with Crippen LogP contribution in [0.3, 0.4) is 0 Å². The number of amides is 5. The number of unbranched alkanes of at least 4 members (excludes halogenated alkanes) is 1. The summed E-state index contributed by atoms with van der Waals surface area (Å²) in [4.78, 5) is 55.3. The van der Waals surface area contributed by atoms with Gasteiger partial charge in [-0.15, -0.1) is 0 Å². The van der Waals surface area contributed by atoms with Crippen LogP contribution in [0.5, 0.6) is 0 Å². The van der Waals surface area contributed by atoms with Gasteiger partial charge in [-0.3, -0.25) is 19.3 Å². The summed E-state index contributed by atoms with van der Waals surface area (Å²) >= 11 is 4.21. The summed E-state index contributed by atoms with van der Waals surface area (Å²) < 4.78 is 8.13. The van der Waals surface area contributed by atoms with Crippen molar-refractivity contribution in [3.05, 3.63) is 47.1 Å². The molecule has 2 aromatic heterocycles. The molecule has 3 atom stereocenters. The number of carbonyl (C=O) groups is 4. The van der Waals surface area contributed by atoms with Gasteiger partial charge in [-0.1, -0.05) is 18.6 Å². The fraction of sp³-hybridized carbons (Fsp3) is 0.452. The lowest BCUT2D eigenvalue weighted by Gasteiger charge is -2.16. The van der Waals surface area contributed by atoms with Crippen LogP contribution in [0.1, 0.15) is 51.7 Å². The molecule has 3 aliphatic rings. The van der Waals surface area contributed by atoms with Gasteiger partial charge >= 0.3 is 6.03 Å². The average molecular weight is 669 g/mol. The Kier molecular flexibility index (Phi) is 9.81. The second-order valence-electron chi connectivity index (χ2n) is 11.5. The van der Waals surface area contributed by atoms with Gasteiger partial charge in [0.15, 0.2) is 10.2 Å². The van der Waals surface area contributed by atoms with Crippen molar-refractivity contribution in [1.29, 1.82) is 0 Å². The number of aromatic nitrogens is 2. The molecular formula is C31H36N6O5S3. The molecule has 3 aliphatic heterocycles. The standard InChI is InChI=1S/C31H36N6O5S3/c1-18(2)37-28(39)24(44-31(37)41)16-19-12-13-26(42-19)45-30-34-20-8-3-4-9-22(20)36(30)15-7-14-32-25(38)11-6-5-10-23-27-21(17-43-23)33-29(40)35-27/h3-4,8-9,12-13,16,18,21,23,27H,5-7,10-11,14-15,17H2,1-2H3,(H,32,38)(H2,33,35,40)/b24-16-. The second kappa shape index (κ2) is 14.0.